The SMILES string of the molecule is CCC1=C(C)c2cc3[nH]c(cc4nc(c5c6[nH]c(cc1n2)c(C)c6C(=O)C5)[C@@H](CCC(=O)O)[C@@H]4C)c(C)c3C#CC1=C(OCCOCCOCCOC)C=CCC1. The van der Waals surface area contributed by atoms with Crippen molar-refractivity contribution in [3.8, 4) is 11.8 Å². The third kappa shape index (κ3) is 8.26. The molecule has 0 amide bonds. The Morgan fingerprint density at radius 1 is 0.930 bits per heavy atom. The lowest BCUT2D eigenvalue weighted by atomic mass is 9.85. The zero-order valence-electron chi connectivity index (χ0n) is 33.8. The normalized spacial score (nSPS) is 17.4. The Morgan fingerprint density at radius 3 is 2.42 bits per heavy atom. The molecule has 0 spiro atoms. The highest BCUT2D eigenvalue weighted by atomic mass is 16.6. The summed E-state index contributed by atoms with van der Waals surface area (Å²) in [6, 6.07) is 6.21. The molecule has 3 aromatic heterocycles. The Hall–Kier alpha value is -5.28. The second-order valence-corrected chi connectivity index (χ2v) is 15.1. The van der Waals surface area contributed by atoms with Crippen molar-refractivity contribution in [1.29, 1.82) is 0 Å². The van der Waals surface area contributed by atoms with Gasteiger partial charge in [0.1, 0.15) is 12.4 Å². The van der Waals surface area contributed by atoms with Gasteiger partial charge in [0.05, 0.1) is 66.7 Å². The van der Waals surface area contributed by atoms with Crippen LogP contribution in [0.25, 0.3) is 33.2 Å². The number of hydrogen-bond donors (Lipinski definition) is 3. The van der Waals surface area contributed by atoms with Crippen LogP contribution < -0.4 is 0 Å². The van der Waals surface area contributed by atoms with E-state index in [1.807, 2.05) is 13.0 Å². The molecule has 11 nitrogen and oxygen atoms in total. The quantitative estimate of drug-likeness (QED) is 0.109. The van der Waals surface area contributed by atoms with E-state index in [0.717, 1.165) is 109 Å². The summed E-state index contributed by atoms with van der Waals surface area (Å²) in [5.74, 6) is 6.71. The Labute approximate surface area is 333 Å². The number of aromatic amines is 2. The van der Waals surface area contributed by atoms with Crippen molar-refractivity contribution in [2.45, 2.75) is 85.0 Å². The van der Waals surface area contributed by atoms with Crippen molar-refractivity contribution in [2.24, 2.45) is 0 Å². The van der Waals surface area contributed by atoms with E-state index >= 15 is 0 Å². The van der Waals surface area contributed by atoms with E-state index in [9.17, 15) is 14.7 Å². The van der Waals surface area contributed by atoms with Crippen LogP contribution in [0.15, 0.2) is 41.7 Å². The molecule has 0 aromatic carbocycles. The molecule has 8 bridgehead atoms. The fourth-order valence-corrected chi connectivity index (χ4v) is 8.30. The number of H-pyrrole nitrogens is 2. The van der Waals surface area contributed by atoms with Gasteiger partial charge < -0.3 is 34.0 Å². The molecular weight excluding hydrogens is 721 g/mol. The number of rotatable bonds is 14. The number of fused-ring (bicyclic) bond motifs is 8. The number of allylic oxidation sites excluding steroid dienone is 5. The number of ketones is 1. The van der Waals surface area contributed by atoms with E-state index in [0.29, 0.717) is 51.6 Å². The third-order valence-corrected chi connectivity index (χ3v) is 11.5. The number of aryl methyl sites for hydroxylation is 2. The molecule has 0 saturated carbocycles. The molecule has 0 saturated heterocycles. The molecule has 0 unspecified atom stereocenters. The molecule has 2 atom stereocenters. The second-order valence-electron chi connectivity index (χ2n) is 15.1. The number of nitrogens with one attached hydrogen (secondary N) is 2. The van der Waals surface area contributed by atoms with Crippen LogP contribution in [0, 0.1) is 25.7 Å². The predicted octanol–water partition coefficient (Wildman–Crippen LogP) is 8.42. The highest BCUT2D eigenvalue weighted by molar-refractivity contribution is 6.13. The van der Waals surface area contributed by atoms with Crippen molar-refractivity contribution in [1.82, 2.24) is 19.9 Å². The maximum absolute atomic E-state index is 13.6. The van der Waals surface area contributed by atoms with Crippen LogP contribution in [0.3, 0.4) is 0 Å². The Balaban J connectivity index is 1.35. The lowest BCUT2D eigenvalue weighted by molar-refractivity contribution is -0.137. The first-order valence-electron chi connectivity index (χ1n) is 20.0. The fraction of sp³-hybridized carbons (Fsp3) is 0.435. The highest BCUT2D eigenvalue weighted by Gasteiger charge is 2.36. The summed E-state index contributed by atoms with van der Waals surface area (Å²) in [4.78, 5) is 43.1. The molecule has 298 valence electrons. The van der Waals surface area contributed by atoms with Gasteiger partial charge in [0, 0.05) is 65.2 Å². The number of carbonyl (C=O) groups excluding carboxylic acids is 1. The van der Waals surface area contributed by atoms with Crippen molar-refractivity contribution in [3.05, 3.63) is 92.3 Å². The maximum atomic E-state index is 13.6. The second kappa shape index (κ2) is 17.5. The van der Waals surface area contributed by atoms with Crippen LogP contribution >= 0.6 is 0 Å². The minimum absolute atomic E-state index is 0.0104. The van der Waals surface area contributed by atoms with Gasteiger partial charge >= 0.3 is 5.97 Å². The van der Waals surface area contributed by atoms with E-state index in [4.69, 9.17) is 28.9 Å². The summed E-state index contributed by atoms with van der Waals surface area (Å²) in [6.45, 7) is 13.3. The molecule has 2 aliphatic heterocycles. The minimum atomic E-state index is -0.852. The Morgan fingerprint density at radius 2 is 1.67 bits per heavy atom. The number of hydrogen-bond acceptors (Lipinski definition) is 8. The average Bonchev–Trinajstić information content (AvgIpc) is 3.95. The summed E-state index contributed by atoms with van der Waals surface area (Å²) in [5, 5.41) is 9.70. The van der Waals surface area contributed by atoms with E-state index < -0.39 is 5.97 Å². The van der Waals surface area contributed by atoms with E-state index in [1.54, 1.807) is 7.11 Å². The topological polar surface area (TPSA) is 149 Å². The average molecular weight is 773 g/mol. The van der Waals surface area contributed by atoms with Gasteiger partial charge in [-0.3, -0.25) is 14.6 Å². The summed E-state index contributed by atoms with van der Waals surface area (Å²) in [5.41, 5.74) is 14.1. The van der Waals surface area contributed by atoms with Crippen molar-refractivity contribution in [3.63, 3.8) is 0 Å². The summed E-state index contributed by atoms with van der Waals surface area (Å²) < 4.78 is 22.3. The number of ether oxygens (including phenoxy) is 4. The zero-order chi connectivity index (χ0) is 40.2. The number of carbonyl (C=O) groups is 2. The van der Waals surface area contributed by atoms with Gasteiger partial charge in [-0.15, -0.1) is 0 Å². The molecule has 5 heterocycles. The van der Waals surface area contributed by atoms with Gasteiger partial charge in [-0.05, 0) is 93.0 Å². The first kappa shape index (κ1) is 39.9. The third-order valence-electron chi connectivity index (χ3n) is 11.5. The first-order valence-corrected chi connectivity index (χ1v) is 20.0. The lowest BCUT2D eigenvalue weighted by Crippen LogP contribution is -2.11. The summed E-state index contributed by atoms with van der Waals surface area (Å²) in [6.07, 6.45) is 7.19. The van der Waals surface area contributed by atoms with Gasteiger partial charge in [0.25, 0.3) is 0 Å². The van der Waals surface area contributed by atoms with Crippen molar-refractivity contribution in [2.75, 3.05) is 46.8 Å². The minimum Gasteiger partial charge on any atom is -0.490 e. The number of Topliss-reactive ketones (excluding diaryl/α,β-unsaturated/α-hetero) is 1. The van der Waals surface area contributed by atoms with Gasteiger partial charge in [0.2, 0.25) is 0 Å². The summed E-state index contributed by atoms with van der Waals surface area (Å²) >= 11 is 0. The lowest BCUT2D eigenvalue weighted by Gasteiger charge is -2.16. The number of carboxylic acids is 1. The van der Waals surface area contributed by atoms with E-state index in [2.05, 4.69) is 73.8 Å². The number of aliphatic carboxylic acids is 1. The van der Waals surface area contributed by atoms with Crippen LogP contribution in [0.1, 0.15) is 120 Å². The Bertz CT molecular complexity index is 2420. The molecule has 0 radical (unpaired) electrons. The van der Waals surface area contributed by atoms with Crippen molar-refractivity contribution < 1.29 is 33.6 Å². The maximum Gasteiger partial charge on any atom is 0.303 e. The molecule has 0 fully saturated rings. The Kier molecular flexibility index (Phi) is 12.2. The monoisotopic (exact) mass is 772 g/mol. The van der Waals surface area contributed by atoms with Gasteiger partial charge in [-0.1, -0.05) is 31.8 Å². The molecule has 11 heteroatoms. The van der Waals surface area contributed by atoms with Crippen LogP contribution in [0.4, 0.5) is 0 Å². The molecule has 3 aromatic rings. The van der Waals surface area contributed by atoms with Gasteiger partial charge in [-0.2, -0.15) is 0 Å². The van der Waals surface area contributed by atoms with Crippen LogP contribution in [0.2, 0.25) is 0 Å². The summed E-state index contributed by atoms with van der Waals surface area (Å²) in [7, 11) is 1.65. The standard InChI is InChI=1S/C46H52N4O7/c1-7-31-26(2)36-24-40-32(13-12-30-10-8-9-11-42(30)57-21-20-56-19-18-55-17-16-54-6)27(3)35(48-40)23-37-28(4)33(14-15-43(52)53)45(49-37)34-22-41(51)44-29(5)38(50-46(34)44)25-39(31)47-36/h9,11,23-25,28,33,48,50H,7-8,10,14-22H2,1-6H3,(H,52,53)/t28-,33-/m0/s1. The van der Waals surface area contributed by atoms with Crippen LogP contribution in [-0.4, -0.2) is 83.5 Å². The van der Waals surface area contributed by atoms with Gasteiger partial charge in [0.15, 0.2) is 5.78 Å². The molecular formula is C46H52N4O7. The van der Waals surface area contributed by atoms with E-state index in [1.165, 1.54) is 0 Å². The van der Waals surface area contributed by atoms with Crippen LogP contribution in [0.5, 0.6) is 0 Å². The molecule has 57 heavy (non-hydrogen) atoms. The molecule has 7 rings (SSSR count). The predicted molar refractivity (Wildman–Crippen MR) is 221 cm³/mol. The number of methoxy groups -OCH3 is 1. The first-order chi connectivity index (χ1) is 27.6. The number of carboxylic acid groups (broad SMARTS) is 1. The fourth-order valence-electron chi connectivity index (χ4n) is 8.30. The van der Waals surface area contributed by atoms with Gasteiger partial charge in [-0.25, -0.2) is 4.98 Å². The van der Waals surface area contributed by atoms with E-state index in [-0.39, 0.29) is 30.5 Å². The number of nitrogens with zero attached hydrogens (tertiary/aromatic N) is 2. The molecule has 2 aliphatic carbocycles. The molecule has 3 N–H and O–H groups in total. The van der Waals surface area contributed by atoms with Crippen LogP contribution in [-0.2, 0) is 30.2 Å². The van der Waals surface area contributed by atoms with Crippen molar-refractivity contribution >= 4 is 45.0 Å². The zero-order valence-corrected chi connectivity index (χ0v) is 33.8. The largest absolute Gasteiger partial charge is 0.490 e. The highest BCUT2D eigenvalue weighted by Crippen LogP contribution is 2.44. The molecule has 4 aliphatic rings. The smallest absolute Gasteiger partial charge is 0.303 e. The number of aromatic nitrogens is 4.